The van der Waals surface area contributed by atoms with Crippen LogP contribution in [0.4, 0.5) is 0 Å². The summed E-state index contributed by atoms with van der Waals surface area (Å²) < 4.78 is 0. The SMILES string of the molecule is C1=CC2=CSSC2C(c2cccc3c2SSC3)=C1. The molecule has 0 saturated heterocycles. The molecule has 18 heavy (non-hydrogen) atoms. The van der Waals surface area contributed by atoms with Gasteiger partial charge >= 0.3 is 0 Å². The van der Waals surface area contributed by atoms with E-state index in [1.165, 1.54) is 27.2 Å². The summed E-state index contributed by atoms with van der Waals surface area (Å²) in [7, 11) is 7.71. The lowest BCUT2D eigenvalue weighted by molar-refractivity contribution is 1.22. The standard InChI is InChI=1S/C14H10S4/c1-3-9-7-15-17-13(9)11(5-1)12-6-2-4-10-8-16-18-14(10)12/h1-7,13H,8H2. The number of allylic oxidation sites excluding steroid dienone is 3. The van der Waals surface area contributed by atoms with Gasteiger partial charge in [0.15, 0.2) is 0 Å². The molecule has 3 aliphatic rings. The lowest BCUT2D eigenvalue weighted by Crippen LogP contribution is -2.08. The highest BCUT2D eigenvalue weighted by Crippen LogP contribution is 2.53. The first-order chi connectivity index (χ1) is 8.93. The summed E-state index contributed by atoms with van der Waals surface area (Å²) in [6.45, 7) is 0. The zero-order valence-electron chi connectivity index (χ0n) is 9.46. The summed E-state index contributed by atoms with van der Waals surface area (Å²) in [6.07, 6.45) is 6.72. The maximum Gasteiger partial charge on any atom is 0.0665 e. The Hall–Kier alpha value is -0.160. The molecule has 0 nitrogen and oxygen atoms in total. The molecule has 0 saturated carbocycles. The van der Waals surface area contributed by atoms with Crippen molar-refractivity contribution >= 4 is 48.7 Å². The van der Waals surface area contributed by atoms with E-state index in [4.69, 9.17) is 0 Å². The van der Waals surface area contributed by atoms with Gasteiger partial charge in [-0.25, -0.2) is 0 Å². The Morgan fingerprint density at radius 2 is 2.22 bits per heavy atom. The van der Waals surface area contributed by atoms with Crippen molar-refractivity contribution in [2.24, 2.45) is 0 Å². The predicted molar refractivity (Wildman–Crippen MR) is 87.8 cm³/mol. The molecular formula is C14H10S4. The summed E-state index contributed by atoms with van der Waals surface area (Å²) >= 11 is 0. The molecule has 2 aliphatic heterocycles. The molecule has 0 amide bonds. The lowest BCUT2D eigenvalue weighted by Gasteiger charge is -2.20. The van der Waals surface area contributed by atoms with E-state index in [9.17, 15) is 0 Å². The summed E-state index contributed by atoms with van der Waals surface area (Å²) in [6, 6.07) is 6.75. The molecule has 0 fully saturated rings. The van der Waals surface area contributed by atoms with Crippen molar-refractivity contribution < 1.29 is 0 Å². The van der Waals surface area contributed by atoms with Gasteiger partial charge in [0.05, 0.1) is 5.25 Å². The van der Waals surface area contributed by atoms with Gasteiger partial charge in [-0.3, -0.25) is 0 Å². The van der Waals surface area contributed by atoms with Crippen LogP contribution in [0.1, 0.15) is 11.1 Å². The van der Waals surface area contributed by atoms with E-state index >= 15 is 0 Å². The Bertz CT molecular complexity index is 598. The van der Waals surface area contributed by atoms with Gasteiger partial charge in [0.1, 0.15) is 0 Å². The van der Waals surface area contributed by atoms with Crippen LogP contribution in [0.15, 0.2) is 52.3 Å². The van der Waals surface area contributed by atoms with E-state index in [2.05, 4.69) is 41.8 Å². The van der Waals surface area contributed by atoms with Crippen molar-refractivity contribution in [2.45, 2.75) is 15.9 Å². The molecular weight excluding hydrogens is 296 g/mol. The maximum atomic E-state index is 2.29. The molecule has 1 aromatic carbocycles. The first kappa shape index (κ1) is 11.6. The van der Waals surface area contributed by atoms with Crippen molar-refractivity contribution in [3.63, 3.8) is 0 Å². The number of hydrogen-bond donors (Lipinski definition) is 0. The zero-order chi connectivity index (χ0) is 11.9. The molecule has 1 unspecified atom stereocenters. The Labute approximate surface area is 123 Å². The van der Waals surface area contributed by atoms with Crippen LogP contribution < -0.4 is 0 Å². The van der Waals surface area contributed by atoms with Crippen LogP contribution >= 0.6 is 43.2 Å². The highest BCUT2D eigenvalue weighted by molar-refractivity contribution is 8.78. The molecule has 0 N–H and O–H groups in total. The second-order valence-electron chi connectivity index (χ2n) is 4.31. The Morgan fingerprint density at radius 1 is 1.22 bits per heavy atom. The van der Waals surface area contributed by atoms with Gasteiger partial charge in [0, 0.05) is 10.6 Å². The zero-order valence-corrected chi connectivity index (χ0v) is 12.7. The topological polar surface area (TPSA) is 0 Å². The Morgan fingerprint density at radius 3 is 3.22 bits per heavy atom. The third kappa shape index (κ3) is 1.82. The van der Waals surface area contributed by atoms with Gasteiger partial charge in [-0.2, -0.15) is 0 Å². The van der Waals surface area contributed by atoms with Crippen LogP contribution in [0, 0.1) is 0 Å². The largest absolute Gasteiger partial charge is 0.0841 e. The van der Waals surface area contributed by atoms with Gasteiger partial charge in [-0.1, -0.05) is 79.6 Å². The van der Waals surface area contributed by atoms with Crippen LogP contribution in [0.25, 0.3) is 5.57 Å². The van der Waals surface area contributed by atoms with Crippen LogP contribution in [0.5, 0.6) is 0 Å². The molecule has 0 aromatic heterocycles. The van der Waals surface area contributed by atoms with Crippen molar-refractivity contribution in [1.29, 1.82) is 0 Å². The quantitative estimate of drug-likeness (QED) is 0.624. The van der Waals surface area contributed by atoms with Gasteiger partial charge in [0.2, 0.25) is 0 Å². The van der Waals surface area contributed by atoms with Gasteiger partial charge < -0.3 is 0 Å². The Kier molecular flexibility index (Phi) is 3.07. The Balaban J connectivity index is 1.84. The van der Waals surface area contributed by atoms with Crippen molar-refractivity contribution in [3.05, 3.63) is 58.5 Å². The number of benzene rings is 1. The highest BCUT2D eigenvalue weighted by atomic mass is 33.1. The minimum absolute atomic E-state index is 0.526. The molecule has 90 valence electrons. The monoisotopic (exact) mass is 306 g/mol. The number of hydrogen-bond acceptors (Lipinski definition) is 4. The van der Waals surface area contributed by atoms with Gasteiger partial charge in [-0.05, 0) is 27.7 Å². The van der Waals surface area contributed by atoms with E-state index in [0.29, 0.717) is 5.25 Å². The second-order valence-corrected chi connectivity index (χ2v) is 8.86. The van der Waals surface area contributed by atoms with Crippen molar-refractivity contribution in [2.75, 3.05) is 0 Å². The predicted octanol–water partition coefficient (Wildman–Crippen LogP) is 5.54. The first-order valence-corrected chi connectivity index (χ1v) is 10.4. The van der Waals surface area contributed by atoms with Crippen LogP contribution in [-0.4, -0.2) is 5.25 Å². The van der Waals surface area contributed by atoms with Crippen LogP contribution in [0.3, 0.4) is 0 Å². The molecule has 1 aliphatic carbocycles. The average molecular weight is 307 g/mol. The van der Waals surface area contributed by atoms with Crippen molar-refractivity contribution in [1.82, 2.24) is 0 Å². The average Bonchev–Trinajstić information content (AvgIpc) is 3.06. The fourth-order valence-electron chi connectivity index (χ4n) is 2.37. The maximum absolute atomic E-state index is 2.29. The molecule has 2 heterocycles. The molecule has 4 rings (SSSR count). The third-order valence-electron chi connectivity index (χ3n) is 3.25. The first-order valence-electron chi connectivity index (χ1n) is 5.76. The van der Waals surface area contributed by atoms with Gasteiger partial charge in [0.25, 0.3) is 0 Å². The van der Waals surface area contributed by atoms with Gasteiger partial charge in [-0.15, -0.1) is 0 Å². The second kappa shape index (κ2) is 4.75. The summed E-state index contributed by atoms with van der Waals surface area (Å²) in [4.78, 5) is 1.49. The van der Waals surface area contributed by atoms with Crippen molar-refractivity contribution in [3.8, 4) is 0 Å². The molecule has 0 radical (unpaired) electrons. The minimum atomic E-state index is 0.526. The molecule has 4 heteroatoms. The molecule has 1 atom stereocenters. The van der Waals surface area contributed by atoms with E-state index in [0.717, 1.165) is 5.75 Å². The molecule has 0 bridgehead atoms. The third-order valence-corrected chi connectivity index (χ3v) is 8.05. The highest BCUT2D eigenvalue weighted by Gasteiger charge is 2.28. The normalized spacial score (nSPS) is 24.6. The summed E-state index contributed by atoms with van der Waals surface area (Å²) in [5.74, 6) is 1.15. The fraction of sp³-hybridized carbons (Fsp3) is 0.143. The van der Waals surface area contributed by atoms with Crippen LogP contribution in [-0.2, 0) is 5.75 Å². The van der Waals surface area contributed by atoms with E-state index in [-0.39, 0.29) is 0 Å². The molecule has 1 aromatic rings. The summed E-state index contributed by atoms with van der Waals surface area (Å²) in [5, 5.41) is 2.81. The smallest absolute Gasteiger partial charge is 0.0665 e. The summed E-state index contributed by atoms with van der Waals surface area (Å²) in [5.41, 5.74) is 5.87. The van der Waals surface area contributed by atoms with E-state index < -0.39 is 0 Å². The number of rotatable bonds is 1. The molecule has 0 spiro atoms. The lowest BCUT2D eigenvalue weighted by atomic mass is 9.93. The fourth-order valence-corrected chi connectivity index (χ4v) is 7.66. The van der Waals surface area contributed by atoms with Crippen LogP contribution in [0.2, 0.25) is 0 Å². The minimum Gasteiger partial charge on any atom is -0.0841 e. The number of fused-ring (bicyclic) bond motifs is 2. The van der Waals surface area contributed by atoms with E-state index in [1.54, 1.807) is 0 Å². The van der Waals surface area contributed by atoms with E-state index in [1.807, 2.05) is 43.2 Å².